The molecule has 0 bridgehead atoms. The highest BCUT2D eigenvalue weighted by atomic mass is 16.2. The second kappa shape index (κ2) is 4.68. The number of amides is 2. The molecule has 2 heterocycles. The number of aryl methyl sites for hydroxylation is 1. The first-order valence-corrected chi connectivity index (χ1v) is 6.99. The Kier molecular flexibility index (Phi) is 3.01. The van der Waals surface area contributed by atoms with Crippen molar-refractivity contribution < 1.29 is 9.59 Å². The fourth-order valence-corrected chi connectivity index (χ4v) is 3.05. The third kappa shape index (κ3) is 1.91. The summed E-state index contributed by atoms with van der Waals surface area (Å²) >= 11 is 0. The Balaban J connectivity index is 2.15. The molecule has 0 aromatic heterocycles. The van der Waals surface area contributed by atoms with Crippen molar-refractivity contribution in [2.45, 2.75) is 32.6 Å². The molecule has 2 aliphatic rings. The number of anilines is 1. The molecule has 0 saturated carbocycles. The molecule has 1 fully saturated rings. The van der Waals surface area contributed by atoms with Gasteiger partial charge in [-0.05, 0) is 37.3 Å². The molecule has 3 rings (SSSR count). The van der Waals surface area contributed by atoms with Crippen LogP contribution in [0.3, 0.4) is 0 Å². The molecule has 0 unspecified atom stereocenters. The van der Waals surface area contributed by atoms with Crippen LogP contribution in [0, 0.1) is 0 Å². The quantitative estimate of drug-likeness (QED) is 0.827. The summed E-state index contributed by atoms with van der Waals surface area (Å²) in [6.45, 7) is 4.04. The molecular formula is C15H18N2O2. The minimum absolute atomic E-state index is 0.240. The summed E-state index contributed by atoms with van der Waals surface area (Å²) in [6, 6.07) is 3.77. The Morgan fingerprint density at radius 3 is 2.53 bits per heavy atom. The van der Waals surface area contributed by atoms with Crippen molar-refractivity contribution >= 4 is 17.5 Å². The molecule has 1 saturated heterocycles. The zero-order chi connectivity index (χ0) is 13.4. The van der Waals surface area contributed by atoms with Crippen LogP contribution in [0.15, 0.2) is 12.1 Å². The fourth-order valence-electron chi connectivity index (χ4n) is 3.05. The second-order valence-corrected chi connectivity index (χ2v) is 5.18. The number of nitrogens with zero attached hydrogens (tertiary/aromatic N) is 1. The maximum absolute atomic E-state index is 12.0. The Bertz CT molecular complexity index is 545. The number of carbonyl (C=O) groups is 2. The smallest absolute Gasteiger partial charge is 0.261 e. The standard InChI is InChI=1S/C15H18N2O2/c1-2-10-6-7-11-12(15(19)16-14(11)18)13(10)17-8-4-3-5-9-17/h6-7H,2-5,8-9H2,1H3,(H,16,18,19). The average Bonchev–Trinajstić information content (AvgIpc) is 2.74. The zero-order valence-corrected chi connectivity index (χ0v) is 11.2. The van der Waals surface area contributed by atoms with Crippen molar-refractivity contribution in [3.63, 3.8) is 0 Å². The SMILES string of the molecule is CCc1ccc2c(c1N1CCCCC1)C(=O)NC2=O. The summed E-state index contributed by atoms with van der Waals surface area (Å²) < 4.78 is 0. The van der Waals surface area contributed by atoms with Crippen LogP contribution >= 0.6 is 0 Å². The Morgan fingerprint density at radius 2 is 1.84 bits per heavy atom. The number of carbonyl (C=O) groups excluding carboxylic acids is 2. The van der Waals surface area contributed by atoms with Gasteiger partial charge in [0, 0.05) is 13.1 Å². The second-order valence-electron chi connectivity index (χ2n) is 5.18. The van der Waals surface area contributed by atoms with Crippen LogP contribution in [0.4, 0.5) is 5.69 Å². The van der Waals surface area contributed by atoms with E-state index >= 15 is 0 Å². The van der Waals surface area contributed by atoms with Crippen molar-refractivity contribution in [3.05, 3.63) is 28.8 Å². The van der Waals surface area contributed by atoms with Gasteiger partial charge in [-0.1, -0.05) is 13.0 Å². The number of hydrogen-bond acceptors (Lipinski definition) is 3. The van der Waals surface area contributed by atoms with Crippen LogP contribution in [0.25, 0.3) is 0 Å². The molecule has 2 aliphatic heterocycles. The summed E-state index contributed by atoms with van der Waals surface area (Å²) in [7, 11) is 0. The lowest BCUT2D eigenvalue weighted by Gasteiger charge is -2.31. The van der Waals surface area contributed by atoms with Gasteiger partial charge in [0.25, 0.3) is 11.8 Å². The number of fused-ring (bicyclic) bond motifs is 1. The van der Waals surface area contributed by atoms with Gasteiger partial charge in [0.2, 0.25) is 0 Å². The van der Waals surface area contributed by atoms with Crippen molar-refractivity contribution in [1.82, 2.24) is 5.32 Å². The lowest BCUT2D eigenvalue weighted by Crippen LogP contribution is -2.32. The highest BCUT2D eigenvalue weighted by Crippen LogP contribution is 2.33. The van der Waals surface area contributed by atoms with Crippen LogP contribution in [0.2, 0.25) is 0 Å². The van der Waals surface area contributed by atoms with E-state index in [2.05, 4.69) is 17.1 Å². The van der Waals surface area contributed by atoms with E-state index in [0.29, 0.717) is 11.1 Å². The molecule has 1 N–H and O–H groups in total. The van der Waals surface area contributed by atoms with E-state index in [4.69, 9.17) is 0 Å². The van der Waals surface area contributed by atoms with Gasteiger partial charge in [-0.2, -0.15) is 0 Å². The fraction of sp³-hybridized carbons (Fsp3) is 0.467. The van der Waals surface area contributed by atoms with E-state index in [1.165, 1.54) is 6.42 Å². The normalized spacial score (nSPS) is 18.5. The van der Waals surface area contributed by atoms with Gasteiger partial charge in [-0.25, -0.2) is 0 Å². The van der Waals surface area contributed by atoms with Crippen molar-refractivity contribution in [2.75, 3.05) is 18.0 Å². The topological polar surface area (TPSA) is 49.4 Å². The summed E-state index contributed by atoms with van der Waals surface area (Å²) in [5, 5.41) is 2.41. The Labute approximate surface area is 112 Å². The minimum Gasteiger partial charge on any atom is -0.371 e. The van der Waals surface area contributed by atoms with Gasteiger partial charge in [-0.15, -0.1) is 0 Å². The number of hydrogen-bond donors (Lipinski definition) is 1. The van der Waals surface area contributed by atoms with Crippen LogP contribution in [0.1, 0.15) is 52.5 Å². The molecule has 0 radical (unpaired) electrons. The molecule has 0 aliphatic carbocycles. The van der Waals surface area contributed by atoms with Gasteiger partial charge < -0.3 is 4.90 Å². The first kappa shape index (κ1) is 12.2. The molecule has 0 atom stereocenters. The molecule has 100 valence electrons. The van der Waals surface area contributed by atoms with Gasteiger partial charge in [0.1, 0.15) is 0 Å². The number of imide groups is 1. The van der Waals surface area contributed by atoms with Crippen LogP contribution < -0.4 is 10.2 Å². The minimum atomic E-state index is -0.263. The molecule has 4 heteroatoms. The van der Waals surface area contributed by atoms with E-state index in [1.807, 2.05) is 6.07 Å². The highest BCUT2D eigenvalue weighted by Gasteiger charge is 2.32. The highest BCUT2D eigenvalue weighted by molar-refractivity contribution is 6.24. The Hall–Kier alpha value is -1.84. The molecule has 19 heavy (non-hydrogen) atoms. The van der Waals surface area contributed by atoms with Gasteiger partial charge >= 0.3 is 0 Å². The van der Waals surface area contributed by atoms with Gasteiger partial charge in [0.15, 0.2) is 0 Å². The van der Waals surface area contributed by atoms with Crippen molar-refractivity contribution in [2.24, 2.45) is 0 Å². The summed E-state index contributed by atoms with van der Waals surface area (Å²) in [5.41, 5.74) is 3.27. The summed E-state index contributed by atoms with van der Waals surface area (Å²) in [5.74, 6) is -0.503. The molecule has 4 nitrogen and oxygen atoms in total. The van der Waals surface area contributed by atoms with E-state index in [1.54, 1.807) is 6.07 Å². The molecule has 1 aromatic carbocycles. The zero-order valence-electron chi connectivity index (χ0n) is 11.2. The summed E-state index contributed by atoms with van der Waals surface area (Å²) in [4.78, 5) is 26.1. The van der Waals surface area contributed by atoms with Crippen LogP contribution in [0.5, 0.6) is 0 Å². The Morgan fingerprint density at radius 1 is 1.11 bits per heavy atom. The third-order valence-electron chi connectivity index (χ3n) is 4.01. The predicted molar refractivity (Wildman–Crippen MR) is 73.7 cm³/mol. The molecule has 1 aromatic rings. The predicted octanol–water partition coefficient (Wildman–Crippen LogP) is 2.12. The summed E-state index contributed by atoms with van der Waals surface area (Å²) in [6.07, 6.45) is 4.43. The molecule has 2 amide bonds. The maximum Gasteiger partial charge on any atom is 0.261 e. The largest absolute Gasteiger partial charge is 0.371 e. The van der Waals surface area contributed by atoms with E-state index < -0.39 is 0 Å². The van der Waals surface area contributed by atoms with E-state index in [0.717, 1.165) is 43.6 Å². The molecular weight excluding hydrogens is 240 g/mol. The number of benzene rings is 1. The first-order valence-electron chi connectivity index (χ1n) is 6.99. The third-order valence-corrected chi connectivity index (χ3v) is 4.01. The monoisotopic (exact) mass is 258 g/mol. The van der Waals surface area contributed by atoms with Crippen molar-refractivity contribution in [1.29, 1.82) is 0 Å². The number of piperidine rings is 1. The average molecular weight is 258 g/mol. The lowest BCUT2D eigenvalue weighted by atomic mass is 9.98. The van der Waals surface area contributed by atoms with E-state index in [9.17, 15) is 9.59 Å². The number of rotatable bonds is 2. The van der Waals surface area contributed by atoms with Crippen molar-refractivity contribution in [3.8, 4) is 0 Å². The van der Waals surface area contributed by atoms with E-state index in [-0.39, 0.29) is 11.8 Å². The van der Waals surface area contributed by atoms with Gasteiger partial charge in [0.05, 0.1) is 16.8 Å². The number of nitrogens with one attached hydrogen (secondary N) is 1. The first-order chi connectivity index (χ1) is 9.22. The van der Waals surface area contributed by atoms with Crippen LogP contribution in [-0.2, 0) is 6.42 Å². The maximum atomic E-state index is 12.0. The van der Waals surface area contributed by atoms with Crippen LogP contribution in [-0.4, -0.2) is 24.9 Å². The lowest BCUT2D eigenvalue weighted by molar-refractivity contribution is 0.0880. The van der Waals surface area contributed by atoms with Gasteiger partial charge in [-0.3, -0.25) is 14.9 Å². The molecule has 0 spiro atoms.